The summed E-state index contributed by atoms with van der Waals surface area (Å²) in [7, 11) is 0. The third kappa shape index (κ3) is 4.69. The Bertz CT molecular complexity index is 837. The van der Waals surface area contributed by atoms with Gasteiger partial charge < -0.3 is 40.0 Å². The van der Waals surface area contributed by atoms with Gasteiger partial charge in [0.15, 0.2) is 0 Å². The van der Waals surface area contributed by atoms with Crippen molar-refractivity contribution in [1.82, 2.24) is 4.90 Å². The van der Waals surface area contributed by atoms with Gasteiger partial charge in [0.25, 0.3) is 0 Å². The molecule has 0 radical (unpaired) electrons. The van der Waals surface area contributed by atoms with Crippen molar-refractivity contribution in [2.75, 3.05) is 13.1 Å². The third-order valence-electron chi connectivity index (χ3n) is 5.09. The number of benzene rings is 1. The molecule has 2 heterocycles. The lowest BCUT2D eigenvalue weighted by molar-refractivity contribution is -0.141. The van der Waals surface area contributed by atoms with E-state index in [1.165, 1.54) is 17.9 Å². The van der Waals surface area contributed by atoms with Gasteiger partial charge in [-0.15, -0.1) is 0 Å². The van der Waals surface area contributed by atoms with Gasteiger partial charge in [0.1, 0.15) is 23.2 Å². The molecule has 1 atom stereocenters. The number of fused-ring (bicyclic) bond motifs is 1. The van der Waals surface area contributed by atoms with Crippen LogP contribution in [0.3, 0.4) is 0 Å². The predicted octanol–water partition coefficient (Wildman–Crippen LogP) is -0.471. The largest absolute Gasteiger partial charge is 0.669 e. The van der Waals surface area contributed by atoms with E-state index in [0.717, 1.165) is 0 Å². The van der Waals surface area contributed by atoms with Crippen LogP contribution in [-0.2, 0) is 16.0 Å². The number of likely N-dealkylation sites (tertiary alicyclic amines) is 1. The van der Waals surface area contributed by atoms with Gasteiger partial charge in [0.2, 0.25) is 5.91 Å². The Morgan fingerprint density at radius 1 is 1.34 bits per heavy atom. The normalized spacial score (nSPS) is 18.8. The van der Waals surface area contributed by atoms with Gasteiger partial charge in [-0.1, -0.05) is 12.4 Å². The molecular weight excluding hydrogens is 383 g/mol. The van der Waals surface area contributed by atoms with E-state index in [1.807, 2.05) is 0 Å². The second-order valence-corrected chi connectivity index (χ2v) is 7.58. The second kappa shape index (κ2) is 8.01. The summed E-state index contributed by atoms with van der Waals surface area (Å²) in [6.07, 6.45) is 0.323. The number of carboxylic acids is 1. The van der Waals surface area contributed by atoms with E-state index < -0.39 is 24.9 Å². The number of carbonyl (C=O) groups excluding carboxylic acids is 2. The molecule has 158 valence electrons. The number of carbonyl (C=O) groups is 3. The van der Waals surface area contributed by atoms with E-state index in [9.17, 15) is 29.5 Å². The average Bonchev–Trinajstić information content (AvgIpc) is 2.60. The number of hydrogen-bond donors (Lipinski definition) is 4. The van der Waals surface area contributed by atoms with Gasteiger partial charge in [-0.05, 0) is 31.4 Å². The molecule has 1 aromatic carbocycles. The van der Waals surface area contributed by atoms with Gasteiger partial charge >= 0.3 is 12.7 Å². The predicted molar refractivity (Wildman–Crippen MR) is 102 cm³/mol. The summed E-state index contributed by atoms with van der Waals surface area (Å²) in [6.45, 7) is -1.21. The maximum atomic E-state index is 12.2. The highest BCUT2D eigenvalue weighted by Gasteiger charge is 2.37. The SMILES string of the molecule is CC(=O)CC[C@@H](N)C(=O)N1CC(Oc2ccc3c(c2C(=O)O)O[B-](O)(O)CC3)C1. The molecule has 0 unspecified atom stereocenters. The number of rotatable bonds is 7. The Kier molecular flexibility index (Phi) is 5.83. The molecule has 0 spiro atoms. The Labute approximate surface area is 167 Å². The van der Waals surface area contributed by atoms with Crippen LogP contribution in [0.4, 0.5) is 0 Å². The van der Waals surface area contributed by atoms with Crippen molar-refractivity contribution in [2.24, 2.45) is 5.73 Å². The molecule has 1 amide bonds. The Morgan fingerprint density at radius 2 is 2.03 bits per heavy atom. The fraction of sp³-hybridized carbons (Fsp3) is 0.500. The fourth-order valence-corrected chi connectivity index (χ4v) is 3.42. The molecular formula is C18H24BN2O8-. The van der Waals surface area contributed by atoms with Crippen LogP contribution in [0.25, 0.3) is 0 Å². The monoisotopic (exact) mass is 407 g/mol. The highest BCUT2D eigenvalue weighted by atomic mass is 16.6. The maximum Gasteiger partial charge on any atom is 0.430 e. The number of aromatic carboxylic acids is 1. The first-order chi connectivity index (χ1) is 13.6. The molecule has 5 N–H and O–H groups in total. The van der Waals surface area contributed by atoms with Gasteiger partial charge in [-0.25, -0.2) is 4.79 Å². The lowest BCUT2D eigenvalue weighted by Crippen LogP contribution is -2.60. The lowest BCUT2D eigenvalue weighted by Gasteiger charge is -2.41. The fourth-order valence-electron chi connectivity index (χ4n) is 3.42. The van der Waals surface area contributed by atoms with Crippen LogP contribution in [-0.4, -0.2) is 69.7 Å². The maximum absolute atomic E-state index is 12.2. The number of ketones is 1. The first-order valence-electron chi connectivity index (χ1n) is 9.46. The van der Waals surface area contributed by atoms with Crippen LogP contribution < -0.4 is 15.1 Å². The zero-order chi connectivity index (χ0) is 21.3. The van der Waals surface area contributed by atoms with Crippen molar-refractivity contribution >= 4 is 24.4 Å². The van der Waals surface area contributed by atoms with E-state index in [4.69, 9.17) is 15.1 Å². The quantitative estimate of drug-likeness (QED) is 0.438. The first kappa shape index (κ1) is 21.1. The molecule has 1 fully saturated rings. The van der Waals surface area contributed by atoms with Crippen LogP contribution in [0.5, 0.6) is 11.5 Å². The number of hydrogen-bond acceptors (Lipinski definition) is 8. The van der Waals surface area contributed by atoms with Crippen LogP contribution in [0.15, 0.2) is 12.1 Å². The molecule has 2 aliphatic rings. The summed E-state index contributed by atoms with van der Waals surface area (Å²) >= 11 is 0. The average molecular weight is 407 g/mol. The summed E-state index contributed by atoms with van der Waals surface area (Å²) in [6, 6.07) is 2.36. The molecule has 0 bridgehead atoms. The van der Waals surface area contributed by atoms with Crippen LogP contribution in [0.1, 0.15) is 35.7 Å². The minimum atomic E-state index is -3.11. The van der Waals surface area contributed by atoms with Crippen molar-refractivity contribution in [3.8, 4) is 11.5 Å². The number of Topliss-reactive ketones (excluding diaryl/α,β-unsaturated/α-hetero) is 1. The molecule has 0 aromatic heterocycles. The van der Waals surface area contributed by atoms with E-state index in [0.29, 0.717) is 5.56 Å². The Morgan fingerprint density at radius 3 is 2.66 bits per heavy atom. The molecule has 11 heteroatoms. The van der Waals surface area contributed by atoms with Crippen molar-refractivity contribution in [1.29, 1.82) is 0 Å². The van der Waals surface area contributed by atoms with E-state index in [2.05, 4.69) is 0 Å². The highest BCUT2D eigenvalue weighted by Crippen LogP contribution is 2.38. The smallest absolute Gasteiger partial charge is 0.430 e. The molecule has 3 rings (SSSR count). The minimum absolute atomic E-state index is 0.0180. The van der Waals surface area contributed by atoms with Crippen molar-refractivity contribution < 1.29 is 38.9 Å². The summed E-state index contributed by atoms with van der Waals surface area (Å²) in [5.74, 6) is -1.72. The van der Waals surface area contributed by atoms with Crippen LogP contribution >= 0.6 is 0 Å². The zero-order valence-electron chi connectivity index (χ0n) is 16.0. The number of aryl methyl sites for hydroxylation is 1. The third-order valence-corrected chi connectivity index (χ3v) is 5.09. The minimum Gasteiger partial charge on any atom is -0.669 e. The van der Waals surface area contributed by atoms with E-state index in [-0.39, 0.29) is 67.4 Å². The Hall–Kier alpha value is -2.63. The number of ether oxygens (including phenoxy) is 1. The van der Waals surface area contributed by atoms with Crippen molar-refractivity contribution in [3.63, 3.8) is 0 Å². The Balaban J connectivity index is 1.66. The molecule has 0 saturated carbocycles. The van der Waals surface area contributed by atoms with E-state index >= 15 is 0 Å². The summed E-state index contributed by atoms with van der Waals surface area (Å²) in [4.78, 5) is 36.5. The van der Waals surface area contributed by atoms with Gasteiger partial charge in [0, 0.05) is 6.42 Å². The molecule has 10 nitrogen and oxygen atoms in total. The van der Waals surface area contributed by atoms with Crippen LogP contribution in [0, 0.1) is 0 Å². The lowest BCUT2D eigenvalue weighted by atomic mass is 9.70. The van der Waals surface area contributed by atoms with E-state index in [1.54, 1.807) is 6.07 Å². The van der Waals surface area contributed by atoms with Crippen LogP contribution in [0.2, 0.25) is 6.32 Å². The van der Waals surface area contributed by atoms with Gasteiger partial charge in [-0.2, -0.15) is 0 Å². The molecule has 2 aliphatic heterocycles. The van der Waals surface area contributed by atoms with Crippen molar-refractivity contribution in [3.05, 3.63) is 23.3 Å². The van der Waals surface area contributed by atoms with Gasteiger partial charge in [0.05, 0.1) is 24.9 Å². The number of nitrogens with two attached hydrogens (primary N) is 1. The molecule has 0 aliphatic carbocycles. The number of amides is 1. The molecule has 1 aromatic rings. The number of nitrogens with zero attached hydrogens (tertiary/aromatic N) is 1. The van der Waals surface area contributed by atoms with Gasteiger partial charge in [-0.3, -0.25) is 4.79 Å². The highest BCUT2D eigenvalue weighted by molar-refractivity contribution is 6.59. The zero-order valence-corrected chi connectivity index (χ0v) is 16.0. The topological polar surface area (TPSA) is 160 Å². The van der Waals surface area contributed by atoms with Crippen molar-refractivity contribution in [2.45, 2.75) is 44.7 Å². The molecule has 29 heavy (non-hydrogen) atoms. The number of carboxylic acid groups (broad SMARTS) is 1. The standard InChI is InChI=1S/C18H24BN2O8/c1-10(22)2-4-13(20)17(23)21-8-12(9-21)28-14-5-3-11-6-7-19(26,27)29-16(11)15(14)18(24)25/h3,5,12-13,26-27H,2,4,6-9,20H2,1H3,(H,24,25)/q-1/t13-/m1/s1. The summed E-state index contributed by atoms with van der Waals surface area (Å²) in [5, 5.41) is 29.1. The summed E-state index contributed by atoms with van der Waals surface area (Å²) in [5.41, 5.74) is 6.09. The second-order valence-electron chi connectivity index (χ2n) is 7.58. The molecule has 1 saturated heterocycles. The summed E-state index contributed by atoms with van der Waals surface area (Å²) < 4.78 is 10.9. The first-order valence-corrected chi connectivity index (χ1v) is 9.46.